The minimum atomic E-state index is -0.226. The Morgan fingerprint density at radius 2 is 2.25 bits per heavy atom. The zero-order valence-corrected chi connectivity index (χ0v) is 11.1. The molecule has 2 aromatic heterocycles. The van der Waals surface area contributed by atoms with Crippen LogP contribution in [0, 0.1) is 6.92 Å². The number of pyridine rings is 1. The lowest BCUT2D eigenvalue weighted by atomic mass is 10.4. The second kappa shape index (κ2) is 4.42. The van der Waals surface area contributed by atoms with Crippen molar-refractivity contribution in [2.75, 3.05) is 0 Å². The van der Waals surface area contributed by atoms with Crippen LogP contribution in [0.2, 0.25) is 0 Å². The summed E-state index contributed by atoms with van der Waals surface area (Å²) in [4.78, 5) is 15.5. The standard InChI is InChI=1S/C9H9BrN4OS/c1-5-6(10)3-4-7(11-5)16-9-13-12-8(15)14(9)2/h3-4H,1-2H3,(H,12,15). The van der Waals surface area contributed by atoms with Crippen LogP contribution in [0.5, 0.6) is 0 Å². The van der Waals surface area contributed by atoms with E-state index in [1.807, 2.05) is 19.1 Å². The first kappa shape index (κ1) is 11.4. The van der Waals surface area contributed by atoms with Gasteiger partial charge in [0.05, 0.1) is 5.69 Å². The van der Waals surface area contributed by atoms with E-state index in [4.69, 9.17) is 0 Å². The average Bonchev–Trinajstić information content (AvgIpc) is 2.55. The van der Waals surface area contributed by atoms with Gasteiger partial charge in [-0.15, -0.1) is 5.10 Å². The highest BCUT2D eigenvalue weighted by Crippen LogP contribution is 2.25. The molecular formula is C9H9BrN4OS. The molecule has 5 nitrogen and oxygen atoms in total. The molecule has 84 valence electrons. The van der Waals surface area contributed by atoms with Gasteiger partial charge in [0.25, 0.3) is 0 Å². The summed E-state index contributed by atoms with van der Waals surface area (Å²) < 4.78 is 2.41. The summed E-state index contributed by atoms with van der Waals surface area (Å²) in [6.07, 6.45) is 0. The van der Waals surface area contributed by atoms with Gasteiger partial charge in [-0.3, -0.25) is 4.57 Å². The number of hydrogen-bond acceptors (Lipinski definition) is 4. The number of nitrogens with one attached hydrogen (secondary N) is 1. The maximum Gasteiger partial charge on any atom is 0.343 e. The molecule has 0 saturated heterocycles. The summed E-state index contributed by atoms with van der Waals surface area (Å²) >= 11 is 4.73. The van der Waals surface area contributed by atoms with E-state index in [2.05, 4.69) is 31.1 Å². The Morgan fingerprint density at radius 3 is 2.81 bits per heavy atom. The number of halogens is 1. The van der Waals surface area contributed by atoms with Crippen LogP contribution in [-0.2, 0) is 7.05 Å². The Balaban J connectivity index is 2.31. The van der Waals surface area contributed by atoms with E-state index >= 15 is 0 Å². The highest BCUT2D eigenvalue weighted by molar-refractivity contribution is 9.10. The summed E-state index contributed by atoms with van der Waals surface area (Å²) in [6.45, 7) is 1.91. The van der Waals surface area contributed by atoms with Crippen molar-refractivity contribution in [2.24, 2.45) is 7.05 Å². The largest absolute Gasteiger partial charge is 0.343 e. The van der Waals surface area contributed by atoms with Crippen LogP contribution in [0.15, 0.2) is 31.6 Å². The number of aromatic nitrogens is 4. The zero-order chi connectivity index (χ0) is 11.7. The predicted octanol–water partition coefficient (Wildman–Crippen LogP) is 1.73. The fourth-order valence-corrected chi connectivity index (χ4v) is 2.13. The number of nitrogens with zero attached hydrogens (tertiary/aromatic N) is 3. The summed E-state index contributed by atoms with van der Waals surface area (Å²) in [7, 11) is 1.67. The van der Waals surface area contributed by atoms with E-state index in [9.17, 15) is 4.79 Å². The molecular weight excluding hydrogens is 292 g/mol. The molecule has 0 aliphatic rings. The monoisotopic (exact) mass is 300 g/mol. The van der Waals surface area contributed by atoms with Crippen LogP contribution in [0.1, 0.15) is 5.69 Å². The number of rotatable bonds is 2. The van der Waals surface area contributed by atoms with Gasteiger partial charge in [-0.2, -0.15) is 0 Å². The maximum atomic E-state index is 11.2. The van der Waals surface area contributed by atoms with E-state index in [0.717, 1.165) is 15.2 Å². The molecule has 16 heavy (non-hydrogen) atoms. The lowest BCUT2D eigenvalue weighted by Crippen LogP contribution is -2.12. The summed E-state index contributed by atoms with van der Waals surface area (Å²) in [5.74, 6) is 0. The molecule has 0 bridgehead atoms. The highest BCUT2D eigenvalue weighted by Gasteiger charge is 2.07. The van der Waals surface area contributed by atoms with Gasteiger partial charge in [0.1, 0.15) is 5.03 Å². The Kier molecular flexibility index (Phi) is 3.15. The molecule has 0 amide bonds. The molecule has 0 unspecified atom stereocenters. The molecule has 0 saturated carbocycles. The van der Waals surface area contributed by atoms with Gasteiger partial charge in [-0.25, -0.2) is 14.9 Å². The van der Waals surface area contributed by atoms with Gasteiger partial charge >= 0.3 is 5.69 Å². The normalized spacial score (nSPS) is 10.7. The van der Waals surface area contributed by atoms with Crippen molar-refractivity contribution in [2.45, 2.75) is 17.1 Å². The lowest BCUT2D eigenvalue weighted by molar-refractivity contribution is 0.764. The van der Waals surface area contributed by atoms with E-state index in [1.165, 1.54) is 16.3 Å². The fourth-order valence-electron chi connectivity index (χ4n) is 1.10. The van der Waals surface area contributed by atoms with Gasteiger partial charge in [0, 0.05) is 11.5 Å². The van der Waals surface area contributed by atoms with E-state index in [0.29, 0.717) is 5.16 Å². The van der Waals surface area contributed by atoms with Crippen molar-refractivity contribution >= 4 is 27.7 Å². The molecule has 0 aliphatic carbocycles. The molecule has 0 aromatic carbocycles. The van der Waals surface area contributed by atoms with E-state index in [1.54, 1.807) is 7.05 Å². The van der Waals surface area contributed by atoms with Crippen LogP contribution in [0.25, 0.3) is 0 Å². The van der Waals surface area contributed by atoms with E-state index < -0.39 is 0 Å². The molecule has 2 heterocycles. The van der Waals surface area contributed by atoms with Crippen LogP contribution >= 0.6 is 27.7 Å². The Morgan fingerprint density at radius 1 is 1.50 bits per heavy atom. The van der Waals surface area contributed by atoms with Gasteiger partial charge in [0.2, 0.25) is 0 Å². The third-order valence-electron chi connectivity index (χ3n) is 2.03. The van der Waals surface area contributed by atoms with Crippen LogP contribution in [0.4, 0.5) is 0 Å². The summed E-state index contributed by atoms with van der Waals surface area (Å²) in [6, 6.07) is 3.80. The minimum absolute atomic E-state index is 0.226. The average molecular weight is 301 g/mol. The molecule has 2 aromatic rings. The molecule has 0 spiro atoms. The number of aromatic amines is 1. The van der Waals surface area contributed by atoms with E-state index in [-0.39, 0.29) is 5.69 Å². The van der Waals surface area contributed by atoms with Crippen molar-refractivity contribution in [3.05, 3.63) is 32.8 Å². The Labute approximate surface area is 104 Å². The van der Waals surface area contributed by atoms with Crippen LogP contribution in [-0.4, -0.2) is 19.7 Å². The Bertz CT molecular complexity index is 577. The highest BCUT2D eigenvalue weighted by atomic mass is 79.9. The smallest absolute Gasteiger partial charge is 0.273 e. The number of aryl methyl sites for hydroxylation is 1. The van der Waals surface area contributed by atoms with Gasteiger partial charge in [0.15, 0.2) is 5.16 Å². The van der Waals surface area contributed by atoms with Crippen LogP contribution < -0.4 is 5.69 Å². The third-order valence-corrected chi connectivity index (χ3v) is 3.85. The molecule has 7 heteroatoms. The minimum Gasteiger partial charge on any atom is -0.273 e. The molecule has 1 N–H and O–H groups in total. The first-order valence-electron chi connectivity index (χ1n) is 4.50. The van der Waals surface area contributed by atoms with Crippen molar-refractivity contribution in [1.29, 1.82) is 0 Å². The predicted molar refractivity (Wildman–Crippen MR) is 64.6 cm³/mol. The first-order chi connectivity index (χ1) is 7.58. The molecule has 2 rings (SSSR count). The Hall–Kier alpha value is -1.08. The van der Waals surface area contributed by atoms with Crippen molar-refractivity contribution < 1.29 is 0 Å². The van der Waals surface area contributed by atoms with Crippen LogP contribution in [0.3, 0.4) is 0 Å². The first-order valence-corrected chi connectivity index (χ1v) is 6.11. The molecule has 0 fully saturated rings. The molecule has 0 atom stereocenters. The maximum absolute atomic E-state index is 11.2. The topological polar surface area (TPSA) is 63.6 Å². The van der Waals surface area contributed by atoms with Gasteiger partial charge < -0.3 is 0 Å². The number of hydrogen-bond donors (Lipinski definition) is 1. The third kappa shape index (κ3) is 2.19. The van der Waals surface area contributed by atoms with Gasteiger partial charge in [-0.1, -0.05) is 0 Å². The number of H-pyrrole nitrogens is 1. The van der Waals surface area contributed by atoms with Gasteiger partial charge in [-0.05, 0) is 46.7 Å². The SMILES string of the molecule is Cc1nc(Sc2n[nH]c(=O)n2C)ccc1Br. The quantitative estimate of drug-likeness (QED) is 0.917. The van der Waals surface area contributed by atoms with Crippen molar-refractivity contribution in [3.8, 4) is 0 Å². The molecule has 0 radical (unpaired) electrons. The zero-order valence-electron chi connectivity index (χ0n) is 8.69. The summed E-state index contributed by atoms with van der Waals surface area (Å²) in [5.41, 5.74) is 0.682. The second-order valence-corrected chi connectivity index (χ2v) is 5.03. The van der Waals surface area contributed by atoms with Crippen molar-refractivity contribution in [3.63, 3.8) is 0 Å². The molecule has 0 aliphatic heterocycles. The lowest BCUT2D eigenvalue weighted by Gasteiger charge is -2.01. The second-order valence-electron chi connectivity index (χ2n) is 3.19. The van der Waals surface area contributed by atoms with Crippen molar-refractivity contribution in [1.82, 2.24) is 19.7 Å². The fraction of sp³-hybridized carbons (Fsp3) is 0.222. The summed E-state index contributed by atoms with van der Waals surface area (Å²) in [5, 5.41) is 7.69.